The van der Waals surface area contributed by atoms with Gasteiger partial charge in [-0.1, -0.05) is 19.1 Å². The lowest BCUT2D eigenvalue weighted by molar-refractivity contribution is -0.132. The van der Waals surface area contributed by atoms with Gasteiger partial charge in [0.2, 0.25) is 12.7 Å². The number of fused-ring (bicyclic) bond motifs is 1. The van der Waals surface area contributed by atoms with Gasteiger partial charge < -0.3 is 28.7 Å². The summed E-state index contributed by atoms with van der Waals surface area (Å²) in [5, 5.41) is 2.00. The fourth-order valence-corrected chi connectivity index (χ4v) is 4.90. The highest BCUT2D eigenvalue weighted by Gasteiger charge is 2.24. The molecule has 37 heavy (non-hydrogen) atoms. The zero-order valence-electron chi connectivity index (χ0n) is 21.4. The van der Waals surface area contributed by atoms with Crippen molar-refractivity contribution in [1.29, 1.82) is 0 Å². The summed E-state index contributed by atoms with van der Waals surface area (Å²) in [6.07, 6.45) is 1.38. The lowest BCUT2D eigenvalue weighted by atomic mass is 10.1. The normalized spacial score (nSPS) is 11.8. The zero-order chi connectivity index (χ0) is 26.2. The molecule has 1 aliphatic heterocycles. The minimum atomic E-state index is -0.204. The Morgan fingerprint density at radius 3 is 2.49 bits per heavy atom. The fourth-order valence-electron chi connectivity index (χ4n) is 4.18. The molecule has 4 rings (SSSR count). The van der Waals surface area contributed by atoms with Crippen LogP contribution in [0.5, 0.6) is 23.0 Å². The highest BCUT2D eigenvalue weighted by Crippen LogP contribution is 2.33. The monoisotopic (exact) mass is 524 g/mol. The van der Waals surface area contributed by atoms with Crippen molar-refractivity contribution in [2.45, 2.75) is 26.3 Å². The number of methoxy groups -OCH3 is 2. The van der Waals surface area contributed by atoms with Crippen LogP contribution in [0.2, 0.25) is 0 Å². The van der Waals surface area contributed by atoms with E-state index < -0.39 is 0 Å². The summed E-state index contributed by atoms with van der Waals surface area (Å²) in [4.78, 5) is 31.4. The molecule has 0 fully saturated rings. The van der Waals surface area contributed by atoms with E-state index in [9.17, 15) is 9.59 Å². The number of ether oxygens (including phenoxy) is 4. The first kappa shape index (κ1) is 26.3. The molecule has 3 aromatic rings. The first-order valence-corrected chi connectivity index (χ1v) is 13.1. The quantitative estimate of drug-likeness (QED) is 0.344. The second kappa shape index (κ2) is 12.5. The average molecular weight is 525 g/mol. The molecule has 0 bridgehead atoms. The minimum absolute atomic E-state index is 0.00156. The maximum atomic E-state index is 13.6. The van der Waals surface area contributed by atoms with E-state index in [0.717, 1.165) is 16.9 Å². The SMILES string of the molecule is CCCN(CC(=O)N(CCc1ccc(OC)c(OC)c1)Cc1cccs1)C(=O)c1ccc2c(c1)OCO2. The van der Waals surface area contributed by atoms with Crippen molar-refractivity contribution in [2.24, 2.45) is 0 Å². The van der Waals surface area contributed by atoms with E-state index in [1.807, 2.05) is 47.5 Å². The number of hydrogen-bond acceptors (Lipinski definition) is 7. The molecule has 0 radical (unpaired) electrons. The van der Waals surface area contributed by atoms with E-state index >= 15 is 0 Å². The molecule has 0 unspecified atom stereocenters. The van der Waals surface area contributed by atoms with Gasteiger partial charge in [-0.05, 0) is 60.2 Å². The van der Waals surface area contributed by atoms with Gasteiger partial charge in [0, 0.05) is 23.5 Å². The summed E-state index contributed by atoms with van der Waals surface area (Å²) >= 11 is 1.61. The van der Waals surface area contributed by atoms with Crippen LogP contribution in [0.15, 0.2) is 53.9 Å². The molecule has 2 heterocycles. The molecule has 2 amide bonds. The van der Waals surface area contributed by atoms with Gasteiger partial charge in [-0.25, -0.2) is 0 Å². The zero-order valence-corrected chi connectivity index (χ0v) is 22.2. The van der Waals surface area contributed by atoms with Gasteiger partial charge in [0.15, 0.2) is 23.0 Å². The summed E-state index contributed by atoms with van der Waals surface area (Å²) in [6.45, 7) is 3.60. The Labute approximate surface area is 221 Å². The summed E-state index contributed by atoms with van der Waals surface area (Å²) in [5.74, 6) is 2.17. The molecular formula is C28H32N2O6S. The highest BCUT2D eigenvalue weighted by atomic mass is 32.1. The number of benzene rings is 2. The fraction of sp³-hybridized carbons (Fsp3) is 0.357. The third-order valence-electron chi connectivity index (χ3n) is 6.12. The first-order chi connectivity index (χ1) is 18.0. The summed E-state index contributed by atoms with van der Waals surface area (Å²) in [5.41, 5.74) is 1.50. The molecule has 1 aromatic heterocycles. The van der Waals surface area contributed by atoms with E-state index in [-0.39, 0.29) is 25.2 Å². The summed E-state index contributed by atoms with van der Waals surface area (Å²) in [7, 11) is 3.21. The van der Waals surface area contributed by atoms with Gasteiger partial charge >= 0.3 is 0 Å². The van der Waals surface area contributed by atoms with Gasteiger partial charge in [-0.15, -0.1) is 11.3 Å². The maximum Gasteiger partial charge on any atom is 0.254 e. The number of carbonyl (C=O) groups excluding carboxylic acids is 2. The molecule has 0 atom stereocenters. The molecule has 1 aliphatic rings. The Balaban J connectivity index is 1.49. The van der Waals surface area contributed by atoms with E-state index in [1.165, 1.54) is 0 Å². The van der Waals surface area contributed by atoms with Gasteiger partial charge in [0.25, 0.3) is 5.91 Å². The van der Waals surface area contributed by atoms with Gasteiger partial charge in [0.1, 0.15) is 6.54 Å². The number of thiophene rings is 1. The van der Waals surface area contributed by atoms with Crippen LogP contribution >= 0.6 is 11.3 Å². The van der Waals surface area contributed by atoms with Gasteiger partial charge in [-0.3, -0.25) is 9.59 Å². The van der Waals surface area contributed by atoms with Gasteiger partial charge in [0.05, 0.1) is 20.8 Å². The Morgan fingerprint density at radius 1 is 0.946 bits per heavy atom. The van der Waals surface area contributed by atoms with Crippen LogP contribution in [-0.2, 0) is 17.8 Å². The Hall–Kier alpha value is -3.72. The largest absolute Gasteiger partial charge is 0.493 e. The minimum Gasteiger partial charge on any atom is -0.493 e. The third-order valence-corrected chi connectivity index (χ3v) is 6.99. The topological polar surface area (TPSA) is 77.5 Å². The predicted molar refractivity (Wildman–Crippen MR) is 142 cm³/mol. The van der Waals surface area contributed by atoms with Gasteiger partial charge in [-0.2, -0.15) is 0 Å². The molecule has 0 N–H and O–H groups in total. The molecule has 9 heteroatoms. The van der Waals surface area contributed by atoms with Crippen LogP contribution in [0, 0.1) is 0 Å². The lowest BCUT2D eigenvalue weighted by Gasteiger charge is -2.27. The van der Waals surface area contributed by atoms with E-state index in [1.54, 1.807) is 48.7 Å². The summed E-state index contributed by atoms with van der Waals surface area (Å²) in [6, 6.07) is 14.9. The Kier molecular flexibility index (Phi) is 8.90. The highest BCUT2D eigenvalue weighted by molar-refractivity contribution is 7.09. The smallest absolute Gasteiger partial charge is 0.254 e. The van der Waals surface area contributed by atoms with E-state index in [4.69, 9.17) is 18.9 Å². The van der Waals surface area contributed by atoms with E-state index in [0.29, 0.717) is 54.6 Å². The molecule has 0 spiro atoms. The summed E-state index contributed by atoms with van der Waals surface area (Å²) < 4.78 is 21.5. The van der Waals surface area contributed by atoms with E-state index in [2.05, 4.69) is 0 Å². The van der Waals surface area contributed by atoms with Crippen LogP contribution < -0.4 is 18.9 Å². The molecular weight excluding hydrogens is 492 g/mol. The number of hydrogen-bond donors (Lipinski definition) is 0. The van der Waals surface area contributed by atoms with Crippen LogP contribution in [0.3, 0.4) is 0 Å². The molecule has 196 valence electrons. The second-order valence-corrected chi connectivity index (χ2v) is 9.66. The number of amides is 2. The van der Waals surface area contributed by atoms with Crippen molar-refractivity contribution >= 4 is 23.2 Å². The van der Waals surface area contributed by atoms with Crippen molar-refractivity contribution in [3.8, 4) is 23.0 Å². The Morgan fingerprint density at radius 2 is 1.76 bits per heavy atom. The lowest BCUT2D eigenvalue weighted by Crippen LogP contribution is -2.43. The maximum absolute atomic E-state index is 13.6. The molecule has 0 saturated heterocycles. The van der Waals surface area contributed by atoms with Crippen molar-refractivity contribution in [3.63, 3.8) is 0 Å². The second-order valence-electron chi connectivity index (χ2n) is 8.63. The molecule has 2 aromatic carbocycles. The first-order valence-electron chi connectivity index (χ1n) is 12.2. The molecule has 0 aliphatic carbocycles. The standard InChI is InChI=1S/C28H32N2O6S/c1-4-12-30(28(32)21-8-10-24-26(16-21)36-19-35-24)18-27(31)29(17-22-6-5-14-37-22)13-11-20-7-9-23(33-2)25(15-20)34-3/h5-10,14-16H,4,11-13,17-19H2,1-3H3. The van der Waals surface area contributed by atoms with Crippen molar-refractivity contribution < 1.29 is 28.5 Å². The van der Waals surface area contributed by atoms with Crippen molar-refractivity contribution in [3.05, 3.63) is 69.9 Å². The molecule has 8 nitrogen and oxygen atoms in total. The average Bonchev–Trinajstić information content (AvgIpc) is 3.61. The number of rotatable bonds is 12. The van der Waals surface area contributed by atoms with Crippen LogP contribution in [0.4, 0.5) is 0 Å². The molecule has 0 saturated carbocycles. The predicted octanol–water partition coefficient (Wildman–Crippen LogP) is 4.62. The van der Waals surface area contributed by atoms with Crippen LogP contribution in [0.25, 0.3) is 0 Å². The van der Waals surface area contributed by atoms with Crippen LogP contribution in [-0.4, -0.2) is 62.3 Å². The third kappa shape index (κ3) is 6.54. The number of carbonyl (C=O) groups is 2. The Bertz CT molecular complexity index is 1210. The van der Waals surface area contributed by atoms with Crippen molar-refractivity contribution in [2.75, 3.05) is 40.6 Å². The van der Waals surface area contributed by atoms with Crippen LogP contribution in [0.1, 0.15) is 34.1 Å². The number of nitrogens with zero attached hydrogens (tertiary/aromatic N) is 2. The van der Waals surface area contributed by atoms with Crippen molar-refractivity contribution in [1.82, 2.24) is 9.80 Å².